The predicted molar refractivity (Wildman–Crippen MR) is 128 cm³/mol. The molecule has 0 atom stereocenters. The molecule has 3 aromatic rings. The molecule has 0 bridgehead atoms. The Balaban J connectivity index is 1.49. The molecular formula is C22H23F2N7O3S2. The zero-order valence-electron chi connectivity index (χ0n) is 19.4. The van der Waals surface area contributed by atoms with E-state index in [1.807, 2.05) is 0 Å². The Hall–Kier alpha value is -2.73. The summed E-state index contributed by atoms with van der Waals surface area (Å²) in [5.41, 5.74) is 0.756. The Labute approximate surface area is 210 Å². The molecule has 3 aliphatic rings. The molecule has 6 rings (SSSR count). The summed E-state index contributed by atoms with van der Waals surface area (Å²) in [4.78, 5) is 5.61. The van der Waals surface area contributed by atoms with Gasteiger partial charge in [0, 0.05) is 30.9 Å². The molecule has 2 aromatic heterocycles. The normalized spacial score (nSPS) is 20.6. The maximum Gasteiger partial charge on any atom is 0.299 e. The van der Waals surface area contributed by atoms with E-state index in [1.165, 1.54) is 6.07 Å². The number of fused-ring (bicyclic) bond motifs is 1. The number of alkyl halides is 2. The van der Waals surface area contributed by atoms with E-state index >= 15 is 0 Å². The van der Waals surface area contributed by atoms with Crippen molar-refractivity contribution < 1.29 is 21.9 Å². The van der Waals surface area contributed by atoms with Crippen LogP contribution in [0.5, 0.6) is 0 Å². The summed E-state index contributed by atoms with van der Waals surface area (Å²) < 4.78 is 62.8. The summed E-state index contributed by atoms with van der Waals surface area (Å²) in [5, 5.41) is 12.3. The molecule has 14 heteroatoms. The minimum absolute atomic E-state index is 0.0000348. The van der Waals surface area contributed by atoms with Crippen molar-refractivity contribution in [2.24, 2.45) is 12.5 Å². The summed E-state index contributed by atoms with van der Waals surface area (Å²) in [6.45, 7) is 10.3. The molecule has 3 fully saturated rings. The fourth-order valence-electron chi connectivity index (χ4n) is 4.91. The van der Waals surface area contributed by atoms with Gasteiger partial charge in [0.25, 0.3) is 12.1 Å². The summed E-state index contributed by atoms with van der Waals surface area (Å²) in [5.74, 6) is 0. The van der Waals surface area contributed by atoms with Crippen LogP contribution in [0.25, 0.3) is 26.4 Å². The number of hydrogen-bond acceptors (Lipinski definition) is 8. The first-order valence-corrected chi connectivity index (χ1v) is 13.8. The van der Waals surface area contributed by atoms with Gasteiger partial charge in [0.05, 0.1) is 42.2 Å². The predicted octanol–water partition coefficient (Wildman–Crippen LogP) is 3.33. The summed E-state index contributed by atoms with van der Waals surface area (Å²) >= 11 is 0.731. The van der Waals surface area contributed by atoms with E-state index in [1.54, 1.807) is 17.8 Å². The lowest BCUT2D eigenvalue weighted by Gasteiger charge is -2.48. The van der Waals surface area contributed by atoms with Crippen molar-refractivity contribution in [3.8, 4) is 10.7 Å². The summed E-state index contributed by atoms with van der Waals surface area (Å²) in [7, 11) is -2.30. The Morgan fingerprint density at radius 3 is 2.47 bits per heavy atom. The maximum atomic E-state index is 13.4. The first-order valence-electron chi connectivity index (χ1n) is 11.5. The number of anilines is 1. The topological polar surface area (TPSA) is 107 Å². The summed E-state index contributed by atoms with van der Waals surface area (Å²) in [6, 6.07) is 3.11. The van der Waals surface area contributed by atoms with Gasteiger partial charge in [0.2, 0.25) is 10.0 Å². The lowest BCUT2D eigenvalue weighted by Crippen LogP contribution is -2.51. The fourth-order valence-corrected chi connectivity index (χ4v) is 7.01. The highest BCUT2D eigenvalue weighted by molar-refractivity contribution is 7.89. The number of ether oxygens (including phenoxy) is 1. The van der Waals surface area contributed by atoms with E-state index in [2.05, 4.69) is 29.8 Å². The van der Waals surface area contributed by atoms with E-state index in [-0.39, 0.29) is 15.3 Å². The Morgan fingerprint density at radius 2 is 1.92 bits per heavy atom. The van der Waals surface area contributed by atoms with Crippen LogP contribution in [0.15, 0.2) is 17.0 Å². The van der Waals surface area contributed by atoms with Gasteiger partial charge in [-0.1, -0.05) is 11.3 Å². The smallest absolute Gasteiger partial charge is 0.299 e. The lowest BCUT2D eigenvalue weighted by atomic mass is 9.77. The number of halogens is 2. The second-order valence-electron chi connectivity index (χ2n) is 9.79. The third-order valence-corrected chi connectivity index (χ3v) is 9.72. The Bertz CT molecular complexity index is 1490. The number of piperidine rings is 1. The zero-order valence-corrected chi connectivity index (χ0v) is 21.0. The van der Waals surface area contributed by atoms with Crippen LogP contribution in [0.2, 0.25) is 0 Å². The first kappa shape index (κ1) is 23.7. The minimum Gasteiger partial charge on any atom is -0.380 e. The molecule has 2 aliphatic heterocycles. The molecular weight excluding hydrogens is 512 g/mol. The van der Waals surface area contributed by atoms with Crippen LogP contribution in [0.1, 0.15) is 37.1 Å². The maximum absolute atomic E-state index is 13.4. The Morgan fingerprint density at radius 1 is 1.19 bits per heavy atom. The average Bonchev–Trinajstić information content (AvgIpc) is 3.26. The Kier molecular flexibility index (Phi) is 5.35. The first-order chi connectivity index (χ1) is 17.1. The van der Waals surface area contributed by atoms with Gasteiger partial charge in [0.1, 0.15) is 5.69 Å². The van der Waals surface area contributed by atoms with Crippen LogP contribution in [-0.2, 0) is 21.8 Å². The molecule has 1 aromatic carbocycles. The van der Waals surface area contributed by atoms with Gasteiger partial charge >= 0.3 is 0 Å². The van der Waals surface area contributed by atoms with Gasteiger partial charge in [0.15, 0.2) is 10.0 Å². The minimum atomic E-state index is -4.03. The van der Waals surface area contributed by atoms with Crippen molar-refractivity contribution in [2.45, 2.75) is 42.7 Å². The molecule has 0 radical (unpaired) electrons. The van der Waals surface area contributed by atoms with Crippen molar-refractivity contribution in [3.63, 3.8) is 0 Å². The van der Waals surface area contributed by atoms with Crippen molar-refractivity contribution in [1.82, 2.24) is 24.7 Å². The van der Waals surface area contributed by atoms with Gasteiger partial charge in [-0.25, -0.2) is 23.8 Å². The van der Waals surface area contributed by atoms with E-state index in [4.69, 9.17) is 11.3 Å². The molecule has 1 N–H and O–H groups in total. The molecule has 1 spiro atoms. The standard InChI is InChI=1S/C22H23F2N7O3S2/c1-25-22(3-4-22)29-36(32,33)13-9-14-16(19-26-27-20(35-19)18(23)24)28-30(2)17(14)15(10-13)31-7-5-21(6-8-31)11-34-12-21/h9-10,18,29H,3-8,11-12H2,2H3. The number of sulfonamides is 1. The van der Waals surface area contributed by atoms with Crippen LogP contribution >= 0.6 is 11.3 Å². The van der Waals surface area contributed by atoms with Crippen LogP contribution in [-0.4, -0.2) is 60.4 Å². The number of rotatable bonds is 6. The number of benzene rings is 1. The quantitative estimate of drug-likeness (QED) is 0.483. The van der Waals surface area contributed by atoms with E-state index in [0.717, 1.165) is 50.5 Å². The molecule has 0 amide bonds. The van der Waals surface area contributed by atoms with Crippen molar-refractivity contribution >= 4 is 38.0 Å². The van der Waals surface area contributed by atoms with Gasteiger partial charge < -0.3 is 9.64 Å². The molecule has 2 saturated heterocycles. The lowest BCUT2D eigenvalue weighted by molar-refractivity contribution is -0.124. The van der Waals surface area contributed by atoms with Crippen LogP contribution in [0.4, 0.5) is 14.5 Å². The van der Waals surface area contributed by atoms with Crippen LogP contribution in [0.3, 0.4) is 0 Å². The van der Waals surface area contributed by atoms with Crippen LogP contribution < -0.4 is 9.62 Å². The van der Waals surface area contributed by atoms with Gasteiger partial charge in [-0.15, -0.1) is 14.9 Å². The number of nitrogens with zero attached hydrogens (tertiary/aromatic N) is 6. The monoisotopic (exact) mass is 535 g/mol. The number of aryl methyl sites for hydroxylation is 1. The largest absolute Gasteiger partial charge is 0.380 e. The van der Waals surface area contributed by atoms with Gasteiger partial charge in [-0.05, 0) is 25.0 Å². The third kappa shape index (κ3) is 3.85. The molecule has 1 aliphatic carbocycles. The van der Waals surface area contributed by atoms with Gasteiger partial charge in [-0.3, -0.25) is 9.53 Å². The average molecular weight is 536 g/mol. The highest BCUT2D eigenvalue weighted by atomic mass is 32.2. The zero-order chi connectivity index (χ0) is 25.3. The van der Waals surface area contributed by atoms with Crippen molar-refractivity contribution in [1.29, 1.82) is 0 Å². The van der Waals surface area contributed by atoms with E-state index < -0.39 is 27.1 Å². The summed E-state index contributed by atoms with van der Waals surface area (Å²) in [6.07, 6.45) is -0.00491. The van der Waals surface area contributed by atoms with E-state index in [0.29, 0.717) is 35.1 Å². The number of aromatic nitrogens is 4. The number of nitrogens with one attached hydrogen (secondary N) is 1. The number of hydrogen-bond donors (Lipinski definition) is 1. The highest BCUT2D eigenvalue weighted by Crippen LogP contribution is 2.44. The van der Waals surface area contributed by atoms with Crippen LogP contribution in [0, 0.1) is 12.0 Å². The molecule has 0 unspecified atom stereocenters. The SMILES string of the molecule is [C-]#[N+]C1(NS(=O)(=O)c2cc(N3CCC4(CC3)COC4)c3c(c2)c(-c2nnc(C(F)F)s2)nn3C)CC1. The molecule has 4 heterocycles. The second-order valence-corrected chi connectivity index (χ2v) is 12.5. The molecule has 10 nitrogen and oxygen atoms in total. The fraction of sp³-hybridized carbons (Fsp3) is 0.545. The molecule has 190 valence electrons. The highest BCUT2D eigenvalue weighted by Gasteiger charge is 2.54. The van der Waals surface area contributed by atoms with Crippen molar-refractivity contribution in [3.05, 3.63) is 28.6 Å². The molecule has 1 saturated carbocycles. The van der Waals surface area contributed by atoms with Crippen molar-refractivity contribution in [2.75, 3.05) is 31.2 Å². The second kappa shape index (κ2) is 8.14. The van der Waals surface area contributed by atoms with E-state index in [9.17, 15) is 17.2 Å². The molecule has 36 heavy (non-hydrogen) atoms. The van der Waals surface area contributed by atoms with Gasteiger partial charge in [-0.2, -0.15) is 5.10 Å². The third-order valence-electron chi connectivity index (χ3n) is 7.28.